The summed E-state index contributed by atoms with van der Waals surface area (Å²) >= 11 is 0. The van der Waals surface area contributed by atoms with Crippen molar-refractivity contribution in [1.82, 2.24) is 0 Å². The Hall–Kier alpha value is -4.97. The first-order chi connectivity index (χ1) is 31.5. The van der Waals surface area contributed by atoms with E-state index in [1.165, 1.54) is 6.42 Å². The van der Waals surface area contributed by atoms with E-state index < -0.39 is 6.10 Å². The van der Waals surface area contributed by atoms with Gasteiger partial charge in [0.15, 0.2) is 6.10 Å². The van der Waals surface area contributed by atoms with Crippen LogP contribution in [-0.4, -0.2) is 37.2 Å². The third-order valence-corrected chi connectivity index (χ3v) is 9.55. The molecule has 0 aliphatic carbocycles. The minimum Gasteiger partial charge on any atom is -0.462 e. The second kappa shape index (κ2) is 50.7. The zero-order valence-corrected chi connectivity index (χ0v) is 40.2. The maximum absolute atomic E-state index is 12.8. The van der Waals surface area contributed by atoms with Gasteiger partial charge < -0.3 is 14.2 Å². The highest BCUT2D eigenvalue weighted by Gasteiger charge is 2.19. The number of esters is 3. The van der Waals surface area contributed by atoms with E-state index in [0.717, 1.165) is 122 Å². The van der Waals surface area contributed by atoms with Crippen LogP contribution in [0.2, 0.25) is 0 Å². The summed E-state index contributed by atoms with van der Waals surface area (Å²) in [4.78, 5) is 37.9. The summed E-state index contributed by atoms with van der Waals surface area (Å²) in [6.45, 7) is 6.15. The van der Waals surface area contributed by atoms with Gasteiger partial charge in [0.25, 0.3) is 0 Å². The molecule has 6 nitrogen and oxygen atoms in total. The van der Waals surface area contributed by atoms with Crippen LogP contribution in [0, 0.1) is 0 Å². The summed E-state index contributed by atoms with van der Waals surface area (Å²) in [5, 5.41) is 0. The van der Waals surface area contributed by atoms with Gasteiger partial charge in [0.05, 0.1) is 0 Å². The number of hydrogen-bond acceptors (Lipinski definition) is 6. The Kier molecular flexibility index (Phi) is 46.7. The molecule has 0 saturated carbocycles. The Labute approximate surface area is 390 Å². The summed E-state index contributed by atoms with van der Waals surface area (Å²) in [6, 6.07) is 0. The van der Waals surface area contributed by atoms with E-state index in [1.54, 1.807) is 0 Å². The number of carbonyl (C=O) groups excluding carboxylic acids is 3. The maximum atomic E-state index is 12.8. The van der Waals surface area contributed by atoms with Crippen LogP contribution in [0.25, 0.3) is 0 Å². The van der Waals surface area contributed by atoms with E-state index in [4.69, 9.17) is 14.2 Å². The second-order valence-electron chi connectivity index (χ2n) is 15.6. The highest BCUT2D eigenvalue weighted by Crippen LogP contribution is 2.12. The molecule has 0 radical (unpaired) electrons. The van der Waals surface area contributed by atoms with E-state index in [2.05, 4.69) is 81.5 Å². The second-order valence-corrected chi connectivity index (χ2v) is 15.6. The molecule has 0 bridgehead atoms. The van der Waals surface area contributed by atoms with Crippen LogP contribution < -0.4 is 0 Å². The molecule has 64 heavy (non-hydrogen) atoms. The minimum absolute atomic E-state index is 0.123. The fourth-order valence-corrected chi connectivity index (χ4v) is 5.90. The number of carbonyl (C=O) groups is 3. The van der Waals surface area contributed by atoms with Gasteiger partial charge in [0, 0.05) is 19.3 Å². The van der Waals surface area contributed by atoms with Gasteiger partial charge in [-0.15, -0.1) is 0 Å². The lowest BCUT2D eigenvalue weighted by Crippen LogP contribution is -2.30. The number of ether oxygens (including phenoxy) is 3. The molecule has 0 heterocycles. The zero-order chi connectivity index (χ0) is 46.5. The fourth-order valence-electron chi connectivity index (χ4n) is 5.90. The molecule has 0 aliphatic rings. The molecule has 6 heteroatoms. The molecular formula is C58H86O6. The normalized spacial score (nSPS) is 13.5. The minimum atomic E-state index is -0.825. The Morgan fingerprint density at radius 3 is 0.969 bits per heavy atom. The van der Waals surface area contributed by atoms with Crippen LogP contribution in [-0.2, 0) is 28.6 Å². The van der Waals surface area contributed by atoms with Gasteiger partial charge in [-0.05, 0) is 77.0 Å². The van der Waals surface area contributed by atoms with Gasteiger partial charge >= 0.3 is 17.9 Å². The summed E-state index contributed by atoms with van der Waals surface area (Å²) in [7, 11) is 0. The summed E-state index contributed by atoms with van der Waals surface area (Å²) in [5.74, 6) is -1.03. The highest BCUT2D eigenvalue weighted by atomic mass is 16.6. The molecule has 0 aliphatic heterocycles. The van der Waals surface area contributed by atoms with Gasteiger partial charge in [-0.2, -0.15) is 0 Å². The Morgan fingerprint density at radius 2 is 0.609 bits per heavy atom. The highest BCUT2D eigenvalue weighted by molar-refractivity contribution is 5.71. The standard InChI is InChI=1S/C58H86O6/c1-4-7-10-13-16-19-22-25-27-28-29-31-33-36-39-42-45-48-51-57(60)63-54-55(53-62-56(59)50-47-44-41-38-35-32-24-21-18-15-12-9-6-3)64-58(61)52-49-46-43-40-37-34-30-26-23-20-17-14-11-8-5-2/h8-32,35,55H,4-7,33-34,36-54H2,1-3H3/b11-8+,12-9+,13-10+,17-14+,18-15+,19-16+,23-20+,24-21+,25-22+,28-27+,30-26+,31-29+,35-32+. The molecule has 0 aromatic carbocycles. The summed E-state index contributed by atoms with van der Waals surface area (Å²) in [5.41, 5.74) is 0. The average Bonchev–Trinajstić information content (AvgIpc) is 3.29. The lowest BCUT2D eigenvalue weighted by atomic mass is 10.1. The van der Waals surface area contributed by atoms with Crippen molar-refractivity contribution < 1.29 is 28.6 Å². The van der Waals surface area contributed by atoms with Crippen LogP contribution in [0.5, 0.6) is 0 Å². The van der Waals surface area contributed by atoms with Crippen molar-refractivity contribution in [3.05, 3.63) is 158 Å². The third kappa shape index (κ3) is 48.1. The van der Waals surface area contributed by atoms with Gasteiger partial charge in [-0.3, -0.25) is 14.4 Å². The van der Waals surface area contributed by atoms with Gasteiger partial charge in [-0.25, -0.2) is 0 Å². The monoisotopic (exact) mass is 879 g/mol. The third-order valence-electron chi connectivity index (χ3n) is 9.55. The van der Waals surface area contributed by atoms with Crippen molar-refractivity contribution in [1.29, 1.82) is 0 Å². The van der Waals surface area contributed by atoms with E-state index in [9.17, 15) is 14.4 Å². The van der Waals surface area contributed by atoms with Crippen molar-refractivity contribution >= 4 is 17.9 Å². The lowest BCUT2D eigenvalue weighted by Gasteiger charge is -2.18. The van der Waals surface area contributed by atoms with Crippen LogP contribution >= 0.6 is 0 Å². The molecule has 0 fully saturated rings. The van der Waals surface area contributed by atoms with E-state index >= 15 is 0 Å². The Morgan fingerprint density at radius 1 is 0.328 bits per heavy atom. The zero-order valence-electron chi connectivity index (χ0n) is 40.2. The van der Waals surface area contributed by atoms with E-state index in [0.29, 0.717) is 12.8 Å². The van der Waals surface area contributed by atoms with E-state index in [1.807, 2.05) is 97.2 Å². The summed E-state index contributed by atoms with van der Waals surface area (Å²) in [6.07, 6.45) is 73.6. The van der Waals surface area contributed by atoms with E-state index in [-0.39, 0.29) is 37.5 Å². The predicted octanol–water partition coefficient (Wildman–Crippen LogP) is 16.2. The molecule has 0 spiro atoms. The Bertz CT molecular complexity index is 1520. The van der Waals surface area contributed by atoms with Crippen molar-refractivity contribution in [3.63, 3.8) is 0 Å². The first kappa shape index (κ1) is 59.0. The molecule has 1 atom stereocenters. The van der Waals surface area contributed by atoms with Crippen molar-refractivity contribution in [3.8, 4) is 0 Å². The van der Waals surface area contributed by atoms with Crippen molar-refractivity contribution in [2.24, 2.45) is 0 Å². The molecule has 0 saturated heterocycles. The molecule has 0 aromatic heterocycles. The first-order valence-electron chi connectivity index (χ1n) is 24.7. The van der Waals surface area contributed by atoms with Crippen LogP contribution in [0.4, 0.5) is 0 Å². The molecular weight excluding hydrogens is 793 g/mol. The van der Waals surface area contributed by atoms with Crippen molar-refractivity contribution in [2.45, 2.75) is 175 Å². The number of allylic oxidation sites excluding steroid dienone is 26. The van der Waals surface area contributed by atoms with Crippen LogP contribution in [0.15, 0.2) is 158 Å². The summed E-state index contributed by atoms with van der Waals surface area (Å²) < 4.78 is 16.7. The molecule has 1 unspecified atom stereocenters. The number of rotatable bonds is 41. The molecule has 0 amide bonds. The lowest BCUT2D eigenvalue weighted by molar-refractivity contribution is -0.167. The molecule has 0 N–H and O–H groups in total. The largest absolute Gasteiger partial charge is 0.462 e. The quantitative estimate of drug-likeness (QED) is 0.0263. The molecule has 0 rings (SSSR count). The molecule has 354 valence electrons. The molecule has 0 aromatic rings. The average molecular weight is 879 g/mol. The number of hydrogen-bond donors (Lipinski definition) is 0. The maximum Gasteiger partial charge on any atom is 0.306 e. The first-order valence-corrected chi connectivity index (χ1v) is 24.7. The predicted molar refractivity (Wildman–Crippen MR) is 274 cm³/mol. The van der Waals surface area contributed by atoms with Crippen LogP contribution in [0.1, 0.15) is 168 Å². The van der Waals surface area contributed by atoms with Crippen molar-refractivity contribution in [2.75, 3.05) is 13.2 Å². The Balaban J connectivity index is 4.58. The number of unbranched alkanes of at least 4 members (excludes halogenated alkanes) is 14. The SMILES string of the molecule is CC/C=C/C=C/C=C/C=C/CCCCCCCC(=O)OC(COC(=O)CCCCC/C=C/C=C/C=C/C=C/CC)COC(=O)CCCCCCC/C=C/C=C/C=C/C=C/C=C/CCC. The smallest absolute Gasteiger partial charge is 0.306 e. The van der Waals surface area contributed by atoms with Gasteiger partial charge in [0.1, 0.15) is 13.2 Å². The topological polar surface area (TPSA) is 78.9 Å². The van der Waals surface area contributed by atoms with Gasteiger partial charge in [0.2, 0.25) is 0 Å². The van der Waals surface area contributed by atoms with Gasteiger partial charge in [-0.1, -0.05) is 230 Å². The van der Waals surface area contributed by atoms with Crippen LogP contribution in [0.3, 0.4) is 0 Å². The fraction of sp³-hybridized carbons (Fsp3) is 0.500.